The van der Waals surface area contributed by atoms with Crippen molar-refractivity contribution >= 4 is 17.5 Å². The van der Waals surface area contributed by atoms with Crippen LogP contribution in [-0.2, 0) is 5.88 Å². The van der Waals surface area contributed by atoms with Gasteiger partial charge in [0.25, 0.3) is 0 Å². The summed E-state index contributed by atoms with van der Waals surface area (Å²) in [5, 5.41) is 0. The lowest BCUT2D eigenvalue weighted by molar-refractivity contribution is 0.376. The highest BCUT2D eigenvalue weighted by Gasteiger charge is 2.20. The Morgan fingerprint density at radius 3 is 2.67 bits per heavy atom. The molecule has 0 radical (unpaired) electrons. The lowest BCUT2D eigenvalue weighted by Crippen LogP contribution is -2.35. The molecule has 18 heavy (non-hydrogen) atoms. The molecule has 0 atom stereocenters. The van der Waals surface area contributed by atoms with E-state index in [0.717, 1.165) is 36.3 Å². The van der Waals surface area contributed by atoms with Gasteiger partial charge in [0.15, 0.2) is 0 Å². The third-order valence-electron chi connectivity index (χ3n) is 3.63. The van der Waals surface area contributed by atoms with E-state index in [2.05, 4.69) is 21.8 Å². The molecule has 1 aliphatic heterocycles. The Hall–Kier alpha value is -0.830. The molecule has 0 spiro atoms. The van der Waals surface area contributed by atoms with Gasteiger partial charge < -0.3 is 4.90 Å². The van der Waals surface area contributed by atoms with Gasteiger partial charge in [0.2, 0.25) is 5.95 Å². The minimum absolute atomic E-state index is 0.461. The lowest BCUT2D eigenvalue weighted by atomic mass is 9.93. The normalized spacial score (nSPS) is 17.2. The number of piperidine rings is 1. The maximum atomic E-state index is 5.87. The minimum atomic E-state index is 0.461. The first-order chi connectivity index (χ1) is 8.72. The fraction of sp³-hybridized carbons (Fsp3) is 0.714. The molecule has 1 aromatic heterocycles. The van der Waals surface area contributed by atoms with E-state index >= 15 is 0 Å². The van der Waals surface area contributed by atoms with Crippen LogP contribution in [0.4, 0.5) is 5.95 Å². The molecule has 2 heterocycles. The largest absolute Gasteiger partial charge is 0.341 e. The second-order valence-corrected chi connectivity index (χ2v) is 5.42. The molecule has 1 fully saturated rings. The van der Waals surface area contributed by atoms with Crippen molar-refractivity contribution in [1.29, 1.82) is 0 Å². The van der Waals surface area contributed by atoms with Crippen molar-refractivity contribution in [3.8, 4) is 0 Å². The van der Waals surface area contributed by atoms with E-state index in [9.17, 15) is 0 Å². The molecule has 4 heteroatoms. The zero-order chi connectivity index (χ0) is 13.0. The lowest BCUT2D eigenvalue weighted by Gasteiger charge is -2.32. The Bertz CT molecular complexity index is 387. The van der Waals surface area contributed by atoms with Crippen molar-refractivity contribution in [2.75, 3.05) is 18.0 Å². The average molecular weight is 268 g/mol. The SMILES string of the molecule is CCCC1CCN(c2nc(C)cc(CCl)n2)CC1. The van der Waals surface area contributed by atoms with Crippen LogP contribution < -0.4 is 4.90 Å². The fourth-order valence-corrected chi connectivity index (χ4v) is 2.79. The standard InChI is InChI=1S/C14H22ClN3/c1-3-4-12-5-7-18(8-6-12)14-16-11(2)9-13(10-15)17-14/h9,12H,3-8,10H2,1-2H3. The molecule has 0 unspecified atom stereocenters. The molecule has 0 saturated carbocycles. The number of hydrogen-bond donors (Lipinski definition) is 0. The molecular formula is C14H22ClN3. The van der Waals surface area contributed by atoms with Crippen LogP contribution >= 0.6 is 11.6 Å². The summed E-state index contributed by atoms with van der Waals surface area (Å²) >= 11 is 5.87. The first kappa shape index (κ1) is 13.6. The monoisotopic (exact) mass is 267 g/mol. The van der Waals surface area contributed by atoms with Gasteiger partial charge in [-0.05, 0) is 31.7 Å². The molecule has 0 bridgehead atoms. The first-order valence-corrected chi connectivity index (χ1v) is 7.42. The maximum Gasteiger partial charge on any atom is 0.225 e. The van der Waals surface area contributed by atoms with Gasteiger partial charge in [-0.1, -0.05) is 19.8 Å². The molecule has 1 aromatic rings. The average Bonchev–Trinajstić information content (AvgIpc) is 2.39. The summed E-state index contributed by atoms with van der Waals surface area (Å²) < 4.78 is 0. The molecular weight excluding hydrogens is 246 g/mol. The van der Waals surface area contributed by atoms with Crippen molar-refractivity contribution in [1.82, 2.24) is 9.97 Å². The van der Waals surface area contributed by atoms with Gasteiger partial charge in [0, 0.05) is 18.8 Å². The molecule has 1 saturated heterocycles. The molecule has 0 aliphatic carbocycles. The molecule has 2 rings (SSSR count). The van der Waals surface area contributed by atoms with Gasteiger partial charge in [-0.25, -0.2) is 9.97 Å². The Morgan fingerprint density at radius 2 is 2.06 bits per heavy atom. The van der Waals surface area contributed by atoms with Crippen molar-refractivity contribution in [3.05, 3.63) is 17.5 Å². The van der Waals surface area contributed by atoms with E-state index < -0.39 is 0 Å². The molecule has 100 valence electrons. The Kier molecular flexibility index (Phi) is 4.81. The summed E-state index contributed by atoms with van der Waals surface area (Å²) in [4.78, 5) is 11.4. The Labute approximate surface area is 115 Å². The Morgan fingerprint density at radius 1 is 1.33 bits per heavy atom. The van der Waals surface area contributed by atoms with Crippen LogP contribution in [0.25, 0.3) is 0 Å². The van der Waals surface area contributed by atoms with Crippen molar-refractivity contribution in [2.24, 2.45) is 5.92 Å². The molecule has 0 aromatic carbocycles. The van der Waals surface area contributed by atoms with Crippen molar-refractivity contribution < 1.29 is 0 Å². The summed E-state index contributed by atoms with van der Waals surface area (Å²) in [5.41, 5.74) is 1.93. The van der Waals surface area contributed by atoms with Gasteiger partial charge >= 0.3 is 0 Å². The van der Waals surface area contributed by atoms with Crippen LogP contribution in [-0.4, -0.2) is 23.1 Å². The summed E-state index contributed by atoms with van der Waals surface area (Å²) in [6, 6.07) is 1.96. The molecule has 0 amide bonds. The summed E-state index contributed by atoms with van der Waals surface area (Å²) in [5.74, 6) is 2.21. The zero-order valence-electron chi connectivity index (χ0n) is 11.3. The van der Waals surface area contributed by atoms with Crippen molar-refractivity contribution in [2.45, 2.75) is 45.4 Å². The van der Waals surface area contributed by atoms with Gasteiger partial charge in [-0.2, -0.15) is 0 Å². The number of hydrogen-bond acceptors (Lipinski definition) is 3. The second-order valence-electron chi connectivity index (χ2n) is 5.15. The zero-order valence-corrected chi connectivity index (χ0v) is 12.1. The van der Waals surface area contributed by atoms with E-state index in [1.165, 1.54) is 25.7 Å². The summed E-state index contributed by atoms with van der Waals surface area (Å²) in [6.45, 7) is 6.43. The predicted octanol–water partition coefficient (Wildman–Crippen LogP) is 3.54. The van der Waals surface area contributed by atoms with Crippen LogP contribution in [0.1, 0.15) is 44.0 Å². The number of rotatable bonds is 4. The number of alkyl halides is 1. The number of anilines is 1. The van der Waals surface area contributed by atoms with Crippen LogP contribution in [0.15, 0.2) is 6.07 Å². The van der Waals surface area contributed by atoms with Gasteiger partial charge in [0.1, 0.15) is 0 Å². The second kappa shape index (κ2) is 6.37. The van der Waals surface area contributed by atoms with Gasteiger partial charge in [-0.3, -0.25) is 0 Å². The highest BCUT2D eigenvalue weighted by Crippen LogP contribution is 2.24. The quantitative estimate of drug-likeness (QED) is 0.782. The highest BCUT2D eigenvalue weighted by molar-refractivity contribution is 6.16. The highest BCUT2D eigenvalue weighted by atomic mass is 35.5. The van der Waals surface area contributed by atoms with Gasteiger partial charge in [-0.15, -0.1) is 11.6 Å². The fourth-order valence-electron chi connectivity index (χ4n) is 2.66. The molecule has 3 nitrogen and oxygen atoms in total. The van der Waals surface area contributed by atoms with Crippen LogP contribution in [0.5, 0.6) is 0 Å². The minimum Gasteiger partial charge on any atom is -0.341 e. The smallest absolute Gasteiger partial charge is 0.225 e. The molecule has 0 N–H and O–H groups in total. The number of aryl methyl sites for hydroxylation is 1. The van der Waals surface area contributed by atoms with E-state index in [-0.39, 0.29) is 0 Å². The number of aromatic nitrogens is 2. The van der Waals surface area contributed by atoms with Crippen molar-refractivity contribution in [3.63, 3.8) is 0 Å². The molecule has 1 aliphatic rings. The number of nitrogens with zero attached hydrogens (tertiary/aromatic N) is 3. The van der Waals surface area contributed by atoms with E-state index in [1.807, 2.05) is 13.0 Å². The van der Waals surface area contributed by atoms with Crippen LogP contribution in [0.3, 0.4) is 0 Å². The summed E-state index contributed by atoms with van der Waals surface area (Å²) in [7, 11) is 0. The Balaban J connectivity index is 2.02. The number of halogens is 1. The van der Waals surface area contributed by atoms with Crippen LogP contribution in [0.2, 0.25) is 0 Å². The first-order valence-electron chi connectivity index (χ1n) is 6.88. The van der Waals surface area contributed by atoms with E-state index in [0.29, 0.717) is 5.88 Å². The van der Waals surface area contributed by atoms with Gasteiger partial charge in [0.05, 0.1) is 11.6 Å². The predicted molar refractivity (Wildman–Crippen MR) is 76.2 cm³/mol. The van der Waals surface area contributed by atoms with Crippen LogP contribution in [0, 0.1) is 12.8 Å². The third kappa shape index (κ3) is 3.35. The van der Waals surface area contributed by atoms with E-state index in [1.54, 1.807) is 0 Å². The summed E-state index contributed by atoms with van der Waals surface area (Å²) in [6.07, 6.45) is 5.18. The topological polar surface area (TPSA) is 29.0 Å². The van der Waals surface area contributed by atoms with E-state index in [4.69, 9.17) is 11.6 Å². The third-order valence-corrected chi connectivity index (χ3v) is 3.90. The maximum absolute atomic E-state index is 5.87.